The molecule has 112 valence electrons. The standard InChI is InChI=1S/C16H14BrN3O2/c1-20-13-5-3-2-4-12(13)19-15(20)10-18-16(21)9-7-11-6-8-14(17)22-11/h2-9H,10H2,1H3,(H,18,21)/b9-7+. The quantitative estimate of drug-likeness (QED) is 0.727. The van der Waals surface area contributed by atoms with Gasteiger partial charge < -0.3 is 14.3 Å². The van der Waals surface area contributed by atoms with Crippen LogP contribution in [0.5, 0.6) is 0 Å². The van der Waals surface area contributed by atoms with Crippen molar-refractivity contribution in [3.05, 3.63) is 58.7 Å². The number of nitrogens with zero attached hydrogens (tertiary/aromatic N) is 2. The number of carbonyl (C=O) groups excluding carboxylic acids is 1. The molecule has 5 nitrogen and oxygen atoms in total. The molecule has 3 aromatic rings. The first kappa shape index (κ1) is 14.6. The van der Waals surface area contributed by atoms with E-state index in [1.165, 1.54) is 6.08 Å². The van der Waals surface area contributed by atoms with E-state index in [1.807, 2.05) is 35.9 Å². The predicted octanol–water partition coefficient (Wildman–Crippen LogP) is 3.26. The van der Waals surface area contributed by atoms with Crippen LogP contribution in [0.1, 0.15) is 11.6 Å². The van der Waals surface area contributed by atoms with Crippen molar-refractivity contribution < 1.29 is 9.21 Å². The third kappa shape index (κ3) is 3.12. The Morgan fingerprint density at radius 1 is 1.36 bits per heavy atom. The largest absolute Gasteiger partial charge is 0.450 e. The number of aryl methyl sites for hydroxylation is 1. The number of furan rings is 1. The Morgan fingerprint density at radius 2 is 2.18 bits per heavy atom. The fourth-order valence-electron chi connectivity index (χ4n) is 2.15. The minimum atomic E-state index is -0.195. The molecule has 0 aliphatic rings. The van der Waals surface area contributed by atoms with Crippen LogP contribution in [0.2, 0.25) is 0 Å². The van der Waals surface area contributed by atoms with Gasteiger partial charge in [0.1, 0.15) is 11.6 Å². The summed E-state index contributed by atoms with van der Waals surface area (Å²) in [7, 11) is 1.94. The van der Waals surface area contributed by atoms with E-state index in [0.29, 0.717) is 17.0 Å². The normalized spacial score (nSPS) is 11.4. The van der Waals surface area contributed by atoms with Gasteiger partial charge in [0.15, 0.2) is 4.67 Å². The molecule has 0 aliphatic carbocycles. The Kier molecular flexibility index (Phi) is 4.11. The highest BCUT2D eigenvalue weighted by molar-refractivity contribution is 9.10. The van der Waals surface area contributed by atoms with Gasteiger partial charge in [0.25, 0.3) is 0 Å². The second-order valence-electron chi connectivity index (χ2n) is 4.77. The fourth-order valence-corrected chi connectivity index (χ4v) is 2.47. The van der Waals surface area contributed by atoms with Gasteiger partial charge in [-0.1, -0.05) is 12.1 Å². The molecule has 0 radical (unpaired) electrons. The summed E-state index contributed by atoms with van der Waals surface area (Å²) < 4.78 is 7.90. The molecular formula is C16H14BrN3O2. The van der Waals surface area contributed by atoms with Crippen LogP contribution in [0.15, 0.2) is 51.6 Å². The lowest BCUT2D eigenvalue weighted by atomic mass is 10.3. The van der Waals surface area contributed by atoms with Gasteiger partial charge in [-0.15, -0.1) is 0 Å². The average molecular weight is 360 g/mol. The van der Waals surface area contributed by atoms with Gasteiger partial charge in [-0.2, -0.15) is 0 Å². The first-order valence-electron chi connectivity index (χ1n) is 6.75. The molecule has 1 aromatic carbocycles. The van der Waals surface area contributed by atoms with Crippen molar-refractivity contribution >= 4 is 38.9 Å². The maximum Gasteiger partial charge on any atom is 0.244 e. The van der Waals surface area contributed by atoms with Crippen LogP contribution in [0.4, 0.5) is 0 Å². The maximum atomic E-state index is 11.8. The molecule has 0 unspecified atom stereocenters. The van der Waals surface area contributed by atoms with Crippen molar-refractivity contribution in [2.24, 2.45) is 7.05 Å². The summed E-state index contributed by atoms with van der Waals surface area (Å²) in [5.41, 5.74) is 1.97. The first-order chi connectivity index (χ1) is 10.6. The highest BCUT2D eigenvalue weighted by atomic mass is 79.9. The molecule has 2 aromatic heterocycles. The molecule has 2 heterocycles. The minimum Gasteiger partial charge on any atom is -0.450 e. The number of nitrogens with one attached hydrogen (secondary N) is 1. The van der Waals surface area contributed by atoms with Crippen LogP contribution in [0.25, 0.3) is 17.1 Å². The number of aromatic nitrogens is 2. The lowest BCUT2D eigenvalue weighted by Crippen LogP contribution is -2.22. The molecule has 0 spiro atoms. The number of benzene rings is 1. The van der Waals surface area contributed by atoms with Crippen LogP contribution in [-0.4, -0.2) is 15.5 Å². The van der Waals surface area contributed by atoms with Gasteiger partial charge in [0, 0.05) is 13.1 Å². The van der Waals surface area contributed by atoms with Crippen molar-refractivity contribution in [3.63, 3.8) is 0 Å². The summed E-state index contributed by atoms with van der Waals surface area (Å²) in [4.78, 5) is 16.3. The summed E-state index contributed by atoms with van der Waals surface area (Å²) in [6.07, 6.45) is 3.06. The molecule has 1 amide bonds. The maximum absolute atomic E-state index is 11.8. The molecule has 3 rings (SSSR count). The second-order valence-corrected chi connectivity index (χ2v) is 5.55. The number of hydrogen-bond acceptors (Lipinski definition) is 3. The topological polar surface area (TPSA) is 60.1 Å². The molecule has 1 N–H and O–H groups in total. The third-order valence-corrected chi connectivity index (χ3v) is 3.72. The van der Waals surface area contributed by atoms with E-state index in [-0.39, 0.29) is 5.91 Å². The lowest BCUT2D eigenvalue weighted by Gasteiger charge is -2.03. The van der Waals surface area contributed by atoms with Gasteiger partial charge in [0.05, 0.1) is 17.6 Å². The predicted molar refractivity (Wildman–Crippen MR) is 88.0 cm³/mol. The highest BCUT2D eigenvalue weighted by Gasteiger charge is 2.07. The van der Waals surface area contributed by atoms with Crippen molar-refractivity contribution in [2.45, 2.75) is 6.54 Å². The smallest absolute Gasteiger partial charge is 0.244 e. The molecule has 0 aliphatic heterocycles. The summed E-state index contributed by atoms with van der Waals surface area (Å²) in [5, 5.41) is 2.82. The number of para-hydroxylation sites is 2. The molecule has 0 bridgehead atoms. The summed E-state index contributed by atoms with van der Waals surface area (Å²) in [6.45, 7) is 0.371. The summed E-state index contributed by atoms with van der Waals surface area (Å²) in [5.74, 6) is 1.23. The zero-order valence-corrected chi connectivity index (χ0v) is 13.5. The second kappa shape index (κ2) is 6.19. The van der Waals surface area contributed by atoms with Crippen LogP contribution in [0.3, 0.4) is 0 Å². The van der Waals surface area contributed by atoms with Crippen LogP contribution < -0.4 is 5.32 Å². The SMILES string of the molecule is Cn1c(CNC(=O)/C=C/c2ccc(Br)o2)nc2ccccc21. The molecule has 6 heteroatoms. The monoisotopic (exact) mass is 359 g/mol. The Morgan fingerprint density at radius 3 is 2.91 bits per heavy atom. The zero-order chi connectivity index (χ0) is 15.5. The number of hydrogen-bond donors (Lipinski definition) is 1. The van der Waals surface area contributed by atoms with Crippen LogP contribution in [-0.2, 0) is 18.4 Å². The van der Waals surface area contributed by atoms with E-state index in [0.717, 1.165) is 16.9 Å². The van der Waals surface area contributed by atoms with Crippen molar-refractivity contribution in [1.82, 2.24) is 14.9 Å². The molecule has 0 atom stereocenters. The Hall–Kier alpha value is -2.34. The van der Waals surface area contributed by atoms with Crippen LogP contribution in [0, 0.1) is 0 Å². The summed E-state index contributed by atoms with van der Waals surface area (Å²) in [6, 6.07) is 11.4. The Balaban J connectivity index is 1.65. The van der Waals surface area contributed by atoms with Gasteiger partial charge in [0.2, 0.25) is 5.91 Å². The minimum absolute atomic E-state index is 0.195. The van der Waals surface area contributed by atoms with Crippen LogP contribution >= 0.6 is 15.9 Å². The number of fused-ring (bicyclic) bond motifs is 1. The van der Waals surface area contributed by atoms with E-state index >= 15 is 0 Å². The van der Waals surface area contributed by atoms with E-state index in [2.05, 4.69) is 26.2 Å². The number of imidazole rings is 1. The molecular weight excluding hydrogens is 346 g/mol. The van der Waals surface area contributed by atoms with Gasteiger partial charge in [-0.05, 0) is 46.3 Å². The lowest BCUT2D eigenvalue weighted by molar-refractivity contribution is -0.116. The summed E-state index contributed by atoms with van der Waals surface area (Å²) >= 11 is 3.21. The van der Waals surface area contributed by atoms with Gasteiger partial charge in [-0.3, -0.25) is 4.79 Å². The first-order valence-corrected chi connectivity index (χ1v) is 7.54. The number of halogens is 1. The molecule has 0 saturated carbocycles. The number of rotatable bonds is 4. The number of amides is 1. The van der Waals surface area contributed by atoms with Crippen molar-refractivity contribution in [2.75, 3.05) is 0 Å². The van der Waals surface area contributed by atoms with Crippen molar-refractivity contribution in [3.8, 4) is 0 Å². The Labute approximate surface area is 135 Å². The van der Waals surface area contributed by atoms with E-state index in [9.17, 15) is 4.79 Å². The van der Waals surface area contributed by atoms with Gasteiger partial charge >= 0.3 is 0 Å². The fraction of sp³-hybridized carbons (Fsp3) is 0.125. The molecule has 0 fully saturated rings. The zero-order valence-electron chi connectivity index (χ0n) is 11.9. The van der Waals surface area contributed by atoms with E-state index < -0.39 is 0 Å². The van der Waals surface area contributed by atoms with E-state index in [4.69, 9.17) is 4.42 Å². The average Bonchev–Trinajstić information content (AvgIpc) is 3.07. The Bertz CT molecular complexity index is 848. The molecule has 0 saturated heterocycles. The van der Waals surface area contributed by atoms with Crippen molar-refractivity contribution in [1.29, 1.82) is 0 Å². The van der Waals surface area contributed by atoms with Gasteiger partial charge in [-0.25, -0.2) is 4.98 Å². The number of carbonyl (C=O) groups is 1. The highest BCUT2D eigenvalue weighted by Crippen LogP contribution is 2.15. The van der Waals surface area contributed by atoms with E-state index in [1.54, 1.807) is 18.2 Å². The third-order valence-electron chi connectivity index (χ3n) is 3.29. The molecule has 22 heavy (non-hydrogen) atoms.